The Morgan fingerprint density at radius 3 is 2.45 bits per heavy atom. The second kappa shape index (κ2) is 6.61. The van der Waals surface area contributed by atoms with Gasteiger partial charge >= 0.3 is 5.97 Å². The Morgan fingerprint density at radius 1 is 1.20 bits per heavy atom. The van der Waals surface area contributed by atoms with Crippen LogP contribution in [0.4, 0.5) is 4.39 Å². The third-order valence-corrected chi connectivity index (χ3v) is 3.52. The average Bonchev–Trinajstić information content (AvgIpc) is 2.40. The van der Waals surface area contributed by atoms with E-state index in [4.69, 9.17) is 0 Å². The van der Waals surface area contributed by atoms with Gasteiger partial charge in [0.1, 0.15) is 5.82 Å². The van der Waals surface area contributed by atoms with Crippen LogP contribution in [0, 0.1) is 11.7 Å². The van der Waals surface area contributed by atoms with Crippen molar-refractivity contribution in [2.75, 3.05) is 0 Å². The van der Waals surface area contributed by atoms with E-state index in [0.717, 1.165) is 16.2 Å². The molecule has 0 bridgehead atoms. The molecule has 0 amide bonds. The molecule has 1 atom stereocenters. The molecular formula is C15H13BrFNO2. The maximum Gasteiger partial charge on any atom is 0.307 e. The van der Waals surface area contributed by atoms with Gasteiger partial charge in [-0.1, -0.05) is 28.1 Å². The molecule has 0 aliphatic rings. The fourth-order valence-corrected chi connectivity index (χ4v) is 2.27. The summed E-state index contributed by atoms with van der Waals surface area (Å²) in [6.45, 7) is 0. The molecule has 1 aromatic heterocycles. The van der Waals surface area contributed by atoms with Gasteiger partial charge in [0, 0.05) is 10.7 Å². The molecule has 1 heterocycles. The van der Waals surface area contributed by atoms with Crippen molar-refractivity contribution < 1.29 is 14.3 Å². The summed E-state index contributed by atoms with van der Waals surface area (Å²) in [5, 5.41) is 9.30. The predicted octanol–water partition coefficient (Wildman–Crippen LogP) is 3.47. The van der Waals surface area contributed by atoms with Crippen molar-refractivity contribution in [3.05, 3.63) is 64.1 Å². The summed E-state index contributed by atoms with van der Waals surface area (Å²) < 4.78 is 14.0. The van der Waals surface area contributed by atoms with Gasteiger partial charge in [-0.2, -0.15) is 0 Å². The van der Waals surface area contributed by atoms with Crippen molar-refractivity contribution in [1.29, 1.82) is 0 Å². The first-order valence-corrected chi connectivity index (χ1v) is 6.90. The molecule has 1 unspecified atom stereocenters. The third kappa shape index (κ3) is 4.13. The van der Waals surface area contributed by atoms with Crippen molar-refractivity contribution >= 4 is 21.9 Å². The number of aromatic nitrogens is 1. The third-order valence-electron chi connectivity index (χ3n) is 2.99. The highest BCUT2D eigenvalue weighted by Crippen LogP contribution is 2.17. The number of aliphatic carboxylic acids is 1. The highest BCUT2D eigenvalue weighted by Gasteiger charge is 2.19. The quantitative estimate of drug-likeness (QED) is 0.908. The zero-order valence-corrected chi connectivity index (χ0v) is 12.2. The highest BCUT2D eigenvalue weighted by molar-refractivity contribution is 9.10. The smallest absolute Gasteiger partial charge is 0.307 e. The van der Waals surface area contributed by atoms with Crippen molar-refractivity contribution in [3.63, 3.8) is 0 Å². The van der Waals surface area contributed by atoms with Crippen LogP contribution < -0.4 is 0 Å². The first-order valence-electron chi connectivity index (χ1n) is 6.11. The Bertz CT molecular complexity index is 601. The Hall–Kier alpha value is -1.75. The number of nitrogens with zero attached hydrogens (tertiary/aromatic N) is 1. The molecule has 0 radical (unpaired) electrons. The zero-order valence-electron chi connectivity index (χ0n) is 10.6. The summed E-state index contributed by atoms with van der Waals surface area (Å²) in [6.07, 6.45) is 3.27. The van der Waals surface area contributed by atoms with Gasteiger partial charge in [-0.15, -0.1) is 0 Å². The molecule has 3 nitrogen and oxygen atoms in total. The first kappa shape index (κ1) is 14.7. The monoisotopic (exact) mass is 337 g/mol. The van der Waals surface area contributed by atoms with Gasteiger partial charge in [0.2, 0.25) is 0 Å². The van der Waals surface area contributed by atoms with Gasteiger partial charge in [-0.3, -0.25) is 9.78 Å². The number of hydrogen-bond donors (Lipinski definition) is 1. The lowest BCUT2D eigenvalue weighted by Gasteiger charge is -2.12. The summed E-state index contributed by atoms with van der Waals surface area (Å²) in [5.74, 6) is -1.94. The van der Waals surface area contributed by atoms with E-state index in [0.29, 0.717) is 12.0 Å². The molecule has 104 valence electrons. The van der Waals surface area contributed by atoms with E-state index in [2.05, 4.69) is 20.9 Å². The van der Waals surface area contributed by atoms with Crippen molar-refractivity contribution in [2.45, 2.75) is 12.8 Å². The standard InChI is InChI=1S/C15H13BrFNO2/c16-13-3-1-10(2-4-13)5-12(15(19)20)6-11-7-14(17)9-18-8-11/h1-4,7-9,12H,5-6H2,(H,19,20). The number of rotatable bonds is 5. The molecule has 1 aromatic carbocycles. The number of hydrogen-bond acceptors (Lipinski definition) is 2. The Balaban J connectivity index is 2.11. The Labute approximate surface area is 124 Å². The molecule has 1 N–H and O–H groups in total. The van der Waals surface area contributed by atoms with Crippen LogP contribution in [0.5, 0.6) is 0 Å². The number of carboxylic acid groups (broad SMARTS) is 1. The number of halogens is 2. The van der Waals surface area contributed by atoms with Crippen LogP contribution in [0.25, 0.3) is 0 Å². The van der Waals surface area contributed by atoms with Crippen molar-refractivity contribution in [2.24, 2.45) is 5.92 Å². The summed E-state index contributed by atoms with van der Waals surface area (Å²) in [5.41, 5.74) is 1.53. The molecule has 2 rings (SSSR count). The molecule has 0 fully saturated rings. The maximum atomic E-state index is 13.1. The molecule has 5 heteroatoms. The Kier molecular flexibility index (Phi) is 4.84. The number of carboxylic acids is 1. The van der Waals surface area contributed by atoms with Gasteiger partial charge in [-0.25, -0.2) is 4.39 Å². The minimum absolute atomic E-state index is 0.260. The fourth-order valence-electron chi connectivity index (χ4n) is 2.00. The topological polar surface area (TPSA) is 50.2 Å². The van der Waals surface area contributed by atoms with E-state index in [-0.39, 0.29) is 6.42 Å². The van der Waals surface area contributed by atoms with Gasteiger partial charge < -0.3 is 5.11 Å². The zero-order chi connectivity index (χ0) is 14.5. The minimum Gasteiger partial charge on any atom is -0.481 e. The SMILES string of the molecule is O=C(O)C(Cc1ccc(Br)cc1)Cc1cncc(F)c1. The molecule has 0 aliphatic carbocycles. The average molecular weight is 338 g/mol. The van der Waals surface area contributed by atoms with Gasteiger partial charge in [0.25, 0.3) is 0 Å². The first-order chi connectivity index (χ1) is 9.54. The molecule has 0 spiro atoms. The van der Waals surface area contributed by atoms with E-state index >= 15 is 0 Å². The van der Waals surface area contributed by atoms with E-state index in [1.54, 1.807) is 0 Å². The highest BCUT2D eigenvalue weighted by atomic mass is 79.9. The van der Waals surface area contributed by atoms with Gasteiger partial charge in [0.05, 0.1) is 12.1 Å². The van der Waals surface area contributed by atoms with E-state index < -0.39 is 17.7 Å². The van der Waals surface area contributed by atoms with Crippen LogP contribution in [0.15, 0.2) is 47.2 Å². The maximum absolute atomic E-state index is 13.1. The van der Waals surface area contributed by atoms with Crippen LogP contribution >= 0.6 is 15.9 Å². The lowest BCUT2D eigenvalue weighted by atomic mass is 9.93. The summed E-state index contributed by atoms with van der Waals surface area (Å²) >= 11 is 3.34. The normalized spacial score (nSPS) is 12.1. The predicted molar refractivity (Wildman–Crippen MR) is 76.9 cm³/mol. The van der Waals surface area contributed by atoms with Crippen LogP contribution in [0.1, 0.15) is 11.1 Å². The molecule has 2 aromatic rings. The van der Waals surface area contributed by atoms with E-state index in [9.17, 15) is 14.3 Å². The minimum atomic E-state index is -0.892. The van der Waals surface area contributed by atoms with E-state index in [1.165, 1.54) is 12.3 Å². The van der Waals surface area contributed by atoms with Crippen LogP contribution in [-0.2, 0) is 17.6 Å². The summed E-state index contributed by atoms with van der Waals surface area (Å²) in [6, 6.07) is 8.83. The largest absolute Gasteiger partial charge is 0.481 e. The summed E-state index contributed by atoms with van der Waals surface area (Å²) in [4.78, 5) is 15.1. The second-order valence-electron chi connectivity index (χ2n) is 4.58. The van der Waals surface area contributed by atoms with Gasteiger partial charge in [-0.05, 0) is 42.2 Å². The number of benzene rings is 1. The van der Waals surface area contributed by atoms with Crippen LogP contribution in [0.2, 0.25) is 0 Å². The Morgan fingerprint density at radius 2 is 1.85 bits per heavy atom. The van der Waals surface area contributed by atoms with Gasteiger partial charge in [0.15, 0.2) is 0 Å². The van der Waals surface area contributed by atoms with Crippen molar-refractivity contribution in [1.82, 2.24) is 4.98 Å². The molecular weight excluding hydrogens is 325 g/mol. The second-order valence-corrected chi connectivity index (χ2v) is 5.50. The number of carbonyl (C=O) groups is 1. The van der Waals surface area contributed by atoms with Crippen LogP contribution in [0.3, 0.4) is 0 Å². The lowest BCUT2D eigenvalue weighted by molar-refractivity contribution is -0.141. The van der Waals surface area contributed by atoms with Crippen molar-refractivity contribution in [3.8, 4) is 0 Å². The molecule has 0 aliphatic heterocycles. The fraction of sp³-hybridized carbons (Fsp3) is 0.200. The van der Waals surface area contributed by atoms with E-state index in [1.807, 2.05) is 24.3 Å². The number of pyridine rings is 1. The summed E-state index contributed by atoms with van der Waals surface area (Å²) in [7, 11) is 0. The van der Waals surface area contributed by atoms with Crippen LogP contribution in [-0.4, -0.2) is 16.1 Å². The molecule has 0 saturated carbocycles. The molecule has 0 saturated heterocycles. The molecule has 20 heavy (non-hydrogen) atoms. The lowest BCUT2D eigenvalue weighted by Crippen LogP contribution is -2.19.